The van der Waals surface area contributed by atoms with Gasteiger partial charge in [-0.2, -0.15) is 0 Å². The van der Waals surface area contributed by atoms with E-state index in [0.29, 0.717) is 17.1 Å². The molecular formula is C19H27NO4. The van der Waals surface area contributed by atoms with Crippen LogP contribution in [0.5, 0.6) is 11.5 Å². The summed E-state index contributed by atoms with van der Waals surface area (Å²) in [7, 11) is 3.13. The molecule has 1 aliphatic heterocycles. The van der Waals surface area contributed by atoms with E-state index in [9.17, 15) is 9.90 Å². The average molecular weight is 333 g/mol. The van der Waals surface area contributed by atoms with E-state index in [1.54, 1.807) is 26.4 Å². The van der Waals surface area contributed by atoms with Gasteiger partial charge in [-0.25, -0.2) is 0 Å². The monoisotopic (exact) mass is 333 g/mol. The number of rotatable bonds is 4. The first-order chi connectivity index (χ1) is 11.7. The van der Waals surface area contributed by atoms with E-state index in [1.807, 2.05) is 11.0 Å². The van der Waals surface area contributed by atoms with E-state index < -0.39 is 0 Å². The highest BCUT2D eigenvalue weighted by molar-refractivity contribution is 6.00. The highest BCUT2D eigenvalue weighted by Gasteiger charge is 2.40. The number of aliphatic hydroxyl groups excluding tert-OH is 1. The van der Waals surface area contributed by atoms with Crippen molar-refractivity contribution < 1.29 is 19.4 Å². The predicted molar refractivity (Wildman–Crippen MR) is 91.6 cm³/mol. The summed E-state index contributed by atoms with van der Waals surface area (Å²) in [4.78, 5) is 15.2. The highest BCUT2D eigenvalue weighted by atomic mass is 16.5. The van der Waals surface area contributed by atoms with E-state index in [4.69, 9.17) is 9.47 Å². The van der Waals surface area contributed by atoms with Crippen molar-refractivity contribution in [1.29, 1.82) is 0 Å². The molecule has 3 rings (SSSR count). The average Bonchev–Trinajstić information content (AvgIpc) is 3.10. The van der Waals surface area contributed by atoms with E-state index in [1.165, 1.54) is 0 Å². The molecule has 1 aromatic rings. The third-order valence-corrected chi connectivity index (χ3v) is 5.48. The Morgan fingerprint density at radius 2 is 1.75 bits per heavy atom. The zero-order valence-electron chi connectivity index (χ0n) is 14.5. The van der Waals surface area contributed by atoms with Gasteiger partial charge in [-0.05, 0) is 37.8 Å². The van der Waals surface area contributed by atoms with Crippen LogP contribution < -0.4 is 9.47 Å². The van der Waals surface area contributed by atoms with Crippen molar-refractivity contribution in [3.63, 3.8) is 0 Å². The smallest absolute Gasteiger partial charge is 0.261 e. The first kappa shape index (κ1) is 17.1. The number of carbonyl (C=O) groups is 1. The summed E-state index contributed by atoms with van der Waals surface area (Å²) in [5.41, 5.74) is 0.486. The molecule has 24 heavy (non-hydrogen) atoms. The minimum Gasteiger partial charge on any atom is -0.496 e. The maximum Gasteiger partial charge on any atom is 0.261 e. The summed E-state index contributed by atoms with van der Waals surface area (Å²) in [5, 5.41) is 10.4. The number of carbonyl (C=O) groups excluding carboxylic acids is 1. The molecule has 0 unspecified atom stereocenters. The first-order valence-corrected chi connectivity index (χ1v) is 8.87. The Morgan fingerprint density at radius 3 is 2.38 bits per heavy atom. The summed E-state index contributed by atoms with van der Waals surface area (Å²) in [6.07, 6.45) is 5.72. The van der Waals surface area contributed by atoms with Crippen LogP contribution >= 0.6 is 0 Å². The van der Waals surface area contributed by atoms with E-state index in [-0.39, 0.29) is 24.0 Å². The Hall–Kier alpha value is -1.75. The van der Waals surface area contributed by atoms with Gasteiger partial charge in [-0.3, -0.25) is 4.79 Å². The third-order valence-electron chi connectivity index (χ3n) is 5.48. The fraction of sp³-hybridized carbons (Fsp3) is 0.632. The van der Waals surface area contributed by atoms with Crippen LogP contribution in [-0.2, 0) is 0 Å². The molecule has 0 aromatic heterocycles. The number of hydrogen-bond acceptors (Lipinski definition) is 4. The second-order valence-corrected chi connectivity index (χ2v) is 6.76. The van der Waals surface area contributed by atoms with Crippen LogP contribution in [0.3, 0.4) is 0 Å². The molecule has 1 saturated heterocycles. The van der Waals surface area contributed by atoms with Gasteiger partial charge in [0, 0.05) is 18.5 Å². The van der Waals surface area contributed by atoms with Crippen molar-refractivity contribution in [3.8, 4) is 11.5 Å². The number of amides is 1. The Bertz CT molecular complexity index is 566. The van der Waals surface area contributed by atoms with Gasteiger partial charge in [0.15, 0.2) is 0 Å². The molecule has 1 N–H and O–H groups in total. The zero-order chi connectivity index (χ0) is 17.1. The van der Waals surface area contributed by atoms with Gasteiger partial charge in [-0.1, -0.05) is 18.9 Å². The summed E-state index contributed by atoms with van der Waals surface area (Å²) in [5.74, 6) is 1.21. The standard InChI is InChI=1S/C19H27NO4/c1-23-16-10-5-11-17(24-2)18(16)19(22)20-12-6-8-14(20)13-7-3-4-9-15(13)21/h5,10-11,13-15,21H,3-4,6-9,12H2,1-2H3/t13-,14-,15-/m1/s1. The number of nitrogens with zero attached hydrogens (tertiary/aromatic N) is 1. The van der Waals surface area contributed by atoms with E-state index in [0.717, 1.165) is 45.1 Å². The number of aliphatic hydroxyl groups is 1. The summed E-state index contributed by atoms with van der Waals surface area (Å²) in [6.45, 7) is 0.730. The SMILES string of the molecule is COc1cccc(OC)c1C(=O)N1CCC[C@@H]1[C@H]1CCCC[C@H]1O. The van der Waals surface area contributed by atoms with Gasteiger partial charge in [0.1, 0.15) is 17.1 Å². The molecule has 132 valence electrons. The molecule has 1 amide bonds. The molecule has 5 heteroatoms. The minimum absolute atomic E-state index is 0.0513. The lowest BCUT2D eigenvalue weighted by Gasteiger charge is -2.37. The number of hydrogen-bond donors (Lipinski definition) is 1. The molecule has 1 aliphatic carbocycles. The lowest BCUT2D eigenvalue weighted by molar-refractivity contribution is 0.0209. The topological polar surface area (TPSA) is 59.0 Å². The van der Waals surface area contributed by atoms with Crippen molar-refractivity contribution in [2.24, 2.45) is 5.92 Å². The van der Waals surface area contributed by atoms with Crippen molar-refractivity contribution in [2.45, 2.75) is 50.7 Å². The summed E-state index contributed by atoms with van der Waals surface area (Å²) < 4.78 is 10.8. The number of ether oxygens (including phenoxy) is 2. The lowest BCUT2D eigenvalue weighted by Crippen LogP contribution is -2.45. The Labute approximate surface area is 143 Å². The molecule has 1 aromatic carbocycles. The molecule has 0 spiro atoms. The Kier molecular flexibility index (Phi) is 5.29. The second-order valence-electron chi connectivity index (χ2n) is 6.76. The zero-order valence-corrected chi connectivity index (χ0v) is 14.5. The largest absolute Gasteiger partial charge is 0.496 e. The van der Waals surface area contributed by atoms with Crippen LogP contribution in [0.2, 0.25) is 0 Å². The molecule has 1 saturated carbocycles. The van der Waals surface area contributed by atoms with Crippen LogP contribution in [0.4, 0.5) is 0 Å². The lowest BCUT2D eigenvalue weighted by atomic mass is 9.80. The number of benzene rings is 1. The Morgan fingerprint density at radius 1 is 1.08 bits per heavy atom. The van der Waals surface area contributed by atoms with Crippen molar-refractivity contribution in [3.05, 3.63) is 23.8 Å². The van der Waals surface area contributed by atoms with Gasteiger partial charge >= 0.3 is 0 Å². The second kappa shape index (κ2) is 7.43. The van der Waals surface area contributed by atoms with Gasteiger partial charge in [-0.15, -0.1) is 0 Å². The van der Waals surface area contributed by atoms with Crippen molar-refractivity contribution in [2.75, 3.05) is 20.8 Å². The molecule has 0 bridgehead atoms. The third kappa shape index (κ3) is 3.09. The van der Waals surface area contributed by atoms with Crippen LogP contribution in [0.15, 0.2) is 18.2 Å². The molecule has 2 fully saturated rings. The minimum atomic E-state index is -0.295. The van der Waals surface area contributed by atoms with Gasteiger partial charge in [0.25, 0.3) is 5.91 Å². The van der Waals surface area contributed by atoms with Gasteiger partial charge in [0.2, 0.25) is 0 Å². The van der Waals surface area contributed by atoms with Gasteiger partial charge in [0.05, 0.1) is 20.3 Å². The number of likely N-dealkylation sites (tertiary alicyclic amines) is 1. The van der Waals surface area contributed by atoms with Crippen LogP contribution in [0.1, 0.15) is 48.9 Å². The maximum absolute atomic E-state index is 13.3. The summed E-state index contributed by atoms with van der Waals surface area (Å²) >= 11 is 0. The molecule has 0 radical (unpaired) electrons. The highest BCUT2D eigenvalue weighted by Crippen LogP contribution is 2.37. The van der Waals surface area contributed by atoms with Crippen LogP contribution in [-0.4, -0.2) is 48.8 Å². The van der Waals surface area contributed by atoms with E-state index >= 15 is 0 Å². The fourth-order valence-electron chi connectivity index (χ4n) is 4.28. The Balaban J connectivity index is 1.89. The molecule has 3 atom stereocenters. The van der Waals surface area contributed by atoms with Crippen molar-refractivity contribution >= 4 is 5.91 Å². The molecule has 5 nitrogen and oxygen atoms in total. The first-order valence-electron chi connectivity index (χ1n) is 8.87. The van der Waals surface area contributed by atoms with E-state index in [2.05, 4.69) is 0 Å². The quantitative estimate of drug-likeness (QED) is 0.920. The van der Waals surface area contributed by atoms with Crippen LogP contribution in [0.25, 0.3) is 0 Å². The molecular weight excluding hydrogens is 306 g/mol. The summed E-state index contributed by atoms with van der Waals surface area (Å²) in [6, 6.07) is 5.51. The molecule has 1 heterocycles. The van der Waals surface area contributed by atoms with Crippen molar-refractivity contribution in [1.82, 2.24) is 4.90 Å². The predicted octanol–water partition coefficient (Wildman–Crippen LogP) is 2.86. The molecule has 2 aliphatic rings. The van der Waals surface area contributed by atoms with Gasteiger partial charge < -0.3 is 19.5 Å². The fourth-order valence-corrected chi connectivity index (χ4v) is 4.28. The maximum atomic E-state index is 13.3. The normalized spacial score (nSPS) is 27.1. The number of methoxy groups -OCH3 is 2. The van der Waals surface area contributed by atoms with Crippen LogP contribution in [0, 0.1) is 5.92 Å².